The van der Waals surface area contributed by atoms with Gasteiger partial charge < -0.3 is 15.3 Å². The molecule has 1 amide bonds. The van der Waals surface area contributed by atoms with Crippen molar-refractivity contribution in [3.05, 3.63) is 76.8 Å². The highest BCUT2D eigenvalue weighted by Gasteiger charge is 2.13. The van der Waals surface area contributed by atoms with E-state index in [0.717, 1.165) is 26.6 Å². The Balaban J connectivity index is 1.48. The summed E-state index contributed by atoms with van der Waals surface area (Å²) in [5.74, 6) is 0.579. The van der Waals surface area contributed by atoms with Crippen molar-refractivity contribution in [3.8, 4) is 11.3 Å². The van der Waals surface area contributed by atoms with Crippen molar-refractivity contribution in [2.75, 3.05) is 0 Å². The molecule has 0 saturated carbocycles. The Morgan fingerprint density at radius 1 is 1.16 bits per heavy atom. The van der Waals surface area contributed by atoms with Gasteiger partial charge in [-0.05, 0) is 23.8 Å². The molecule has 2 aromatic heterocycles. The van der Waals surface area contributed by atoms with Gasteiger partial charge in [0.15, 0.2) is 0 Å². The van der Waals surface area contributed by atoms with Gasteiger partial charge in [0.2, 0.25) is 0 Å². The standard InChI is InChI=1S/C19H15BrN4O/c20-13-6-7-16-14(8-13)15(9-21-16)19(25)23-11-18-22-10-17(24-18)12-4-2-1-3-5-12/h1-10,21H,11H2,(H,22,24)(H,23,25). The summed E-state index contributed by atoms with van der Waals surface area (Å²) in [7, 11) is 0. The van der Waals surface area contributed by atoms with E-state index >= 15 is 0 Å². The molecule has 2 heterocycles. The van der Waals surface area contributed by atoms with E-state index in [1.165, 1.54) is 0 Å². The molecule has 2 aromatic carbocycles. The number of rotatable bonds is 4. The van der Waals surface area contributed by atoms with Crippen LogP contribution in [0.2, 0.25) is 0 Å². The average molecular weight is 395 g/mol. The molecule has 0 saturated heterocycles. The van der Waals surface area contributed by atoms with Gasteiger partial charge in [-0.15, -0.1) is 0 Å². The Bertz CT molecular complexity index is 1040. The van der Waals surface area contributed by atoms with E-state index in [1.54, 1.807) is 12.4 Å². The number of fused-ring (bicyclic) bond motifs is 1. The molecular weight excluding hydrogens is 380 g/mol. The zero-order valence-electron chi connectivity index (χ0n) is 13.2. The van der Waals surface area contributed by atoms with Crippen LogP contribution in [0.5, 0.6) is 0 Å². The molecule has 25 heavy (non-hydrogen) atoms. The lowest BCUT2D eigenvalue weighted by Crippen LogP contribution is -2.23. The Morgan fingerprint density at radius 2 is 2.00 bits per heavy atom. The van der Waals surface area contributed by atoms with Gasteiger partial charge in [-0.1, -0.05) is 46.3 Å². The number of carbonyl (C=O) groups excluding carboxylic acids is 1. The van der Waals surface area contributed by atoms with Crippen LogP contribution >= 0.6 is 15.9 Å². The topological polar surface area (TPSA) is 73.6 Å². The molecule has 0 fully saturated rings. The van der Waals surface area contributed by atoms with Gasteiger partial charge in [-0.2, -0.15) is 0 Å². The largest absolute Gasteiger partial charge is 0.360 e. The average Bonchev–Trinajstić information content (AvgIpc) is 3.27. The summed E-state index contributed by atoms with van der Waals surface area (Å²) >= 11 is 3.44. The fourth-order valence-corrected chi connectivity index (χ4v) is 3.12. The predicted molar refractivity (Wildman–Crippen MR) is 101 cm³/mol. The zero-order valence-corrected chi connectivity index (χ0v) is 14.8. The van der Waals surface area contributed by atoms with Crippen molar-refractivity contribution in [1.29, 1.82) is 0 Å². The molecule has 6 heteroatoms. The first-order valence-electron chi connectivity index (χ1n) is 7.85. The molecule has 124 valence electrons. The summed E-state index contributed by atoms with van der Waals surface area (Å²) in [5, 5.41) is 3.80. The molecule has 0 unspecified atom stereocenters. The number of H-pyrrole nitrogens is 2. The number of imidazole rings is 1. The normalized spacial score (nSPS) is 10.9. The third kappa shape index (κ3) is 3.21. The Hall–Kier alpha value is -2.86. The maximum absolute atomic E-state index is 12.5. The monoisotopic (exact) mass is 394 g/mol. The molecule has 0 aliphatic carbocycles. The maximum atomic E-state index is 12.5. The van der Waals surface area contributed by atoms with Gasteiger partial charge >= 0.3 is 0 Å². The molecule has 3 N–H and O–H groups in total. The highest BCUT2D eigenvalue weighted by molar-refractivity contribution is 9.10. The second-order valence-corrected chi connectivity index (χ2v) is 6.60. The maximum Gasteiger partial charge on any atom is 0.253 e. The number of benzene rings is 2. The molecule has 0 aliphatic rings. The SMILES string of the molecule is O=C(NCc1ncc(-c2ccccc2)[nH]1)c1c[nH]c2ccc(Br)cc12. The Labute approximate surface area is 152 Å². The first-order valence-corrected chi connectivity index (χ1v) is 8.64. The summed E-state index contributed by atoms with van der Waals surface area (Å²) in [6, 6.07) is 15.8. The van der Waals surface area contributed by atoms with Crippen LogP contribution in [0.1, 0.15) is 16.2 Å². The lowest BCUT2D eigenvalue weighted by atomic mass is 10.1. The van der Waals surface area contributed by atoms with E-state index in [4.69, 9.17) is 0 Å². The van der Waals surface area contributed by atoms with Gasteiger partial charge in [0.1, 0.15) is 5.82 Å². The fraction of sp³-hybridized carbons (Fsp3) is 0.0526. The highest BCUT2D eigenvalue weighted by atomic mass is 79.9. The molecular formula is C19H15BrN4O. The third-order valence-corrected chi connectivity index (χ3v) is 4.51. The van der Waals surface area contributed by atoms with Crippen LogP contribution in [0.3, 0.4) is 0 Å². The summed E-state index contributed by atoms with van der Waals surface area (Å²) in [6.07, 6.45) is 3.50. The van der Waals surface area contributed by atoms with E-state index in [-0.39, 0.29) is 5.91 Å². The molecule has 0 bridgehead atoms. The van der Waals surface area contributed by atoms with E-state index in [2.05, 4.69) is 36.2 Å². The number of carbonyl (C=O) groups is 1. The molecule has 0 radical (unpaired) electrons. The molecule has 0 spiro atoms. The van der Waals surface area contributed by atoms with Crippen LogP contribution in [0.25, 0.3) is 22.2 Å². The van der Waals surface area contributed by atoms with Crippen LogP contribution < -0.4 is 5.32 Å². The smallest absolute Gasteiger partial charge is 0.253 e. The Morgan fingerprint density at radius 3 is 2.84 bits per heavy atom. The number of nitrogens with zero attached hydrogens (tertiary/aromatic N) is 1. The van der Waals surface area contributed by atoms with Crippen molar-refractivity contribution < 1.29 is 4.79 Å². The lowest BCUT2D eigenvalue weighted by molar-refractivity contribution is 0.0951. The quantitative estimate of drug-likeness (QED) is 0.483. The van der Waals surface area contributed by atoms with Crippen molar-refractivity contribution in [3.63, 3.8) is 0 Å². The fourth-order valence-electron chi connectivity index (χ4n) is 2.76. The van der Waals surface area contributed by atoms with Crippen molar-refractivity contribution in [2.45, 2.75) is 6.54 Å². The number of amides is 1. The summed E-state index contributed by atoms with van der Waals surface area (Å²) in [6.45, 7) is 0.340. The minimum Gasteiger partial charge on any atom is -0.360 e. The summed E-state index contributed by atoms with van der Waals surface area (Å²) in [4.78, 5) is 23.2. The minimum atomic E-state index is -0.137. The van der Waals surface area contributed by atoms with Crippen molar-refractivity contribution >= 4 is 32.7 Å². The zero-order chi connectivity index (χ0) is 17.2. The van der Waals surface area contributed by atoms with Crippen LogP contribution in [-0.4, -0.2) is 20.9 Å². The van der Waals surface area contributed by atoms with Gasteiger partial charge in [0.25, 0.3) is 5.91 Å². The van der Waals surface area contributed by atoms with Crippen LogP contribution in [0.4, 0.5) is 0 Å². The van der Waals surface area contributed by atoms with E-state index in [1.807, 2.05) is 48.5 Å². The van der Waals surface area contributed by atoms with Crippen molar-refractivity contribution in [1.82, 2.24) is 20.3 Å². The van der Waals surface area contributed by atoms with Crippen molar-refractivity contribution in [2.24, 2.45) is 0 Å². The van der Waals surface area contributed by atoms with Gasteiger partial charge in [-0.25, -0.2) is 4.98 Å². The van der Waals surface area contributed by atoms with Gasteiger partial charge in [0, 0.05) is 21.6 Å². The highest BCUT2D eigenvalue weighted by Crippen LogP contribution is 2.22. The lowest BCUT2D eigenvalue weighted by Gasteiger charge is -2.03. The number of aromatic nitrogens is 3. The van der Waals surface area contributed by atoms with E-state index in [9.17, 15) is 4.79 Å². The van der Waals surface area contributed by atoms with Crippen LogP contribution in [-0.2, 0) is 6.54 Å². The molecule has 5 nitrogen and oxygen atoms in total. The van der Waals surface area contributed by atoms with Gasteiger partial charge in [-0.3, -0.25) is 4.79 Å². The van der Waals surface area contributed by atoms with Gasteiger partial charge in [0.05, 0.1) is 24.0 Å². The molecule has 4 rings (SSSR count). The molecule has 4 aromatic rings. The number of hydrogen-bond acceptors (Lipinski definition) is 2. The molecule has 0 aliphatic heterocycles. The minimum absolute atomic E-state index is 0.137. The van der Waals surface area contributed by atoms with E-state index < -0.39 is 0 Å². The summed E-state index contributed by atoms with van der Waals surface area (Å²) in [5.41, 5.74) is 3.54. The second kappa shape index (κ2) is 6.57. The van der Waals surface area contributed by atoms with E-state index in [0.29, 0.717) is 17.9 Å². The Kier molecular flexibility index (Phi) is 4.11. The number of nitrogens with one attached hydrogen (secondary N) is 3. The number of hydrogen-bond donors (Lipinski definition) is 3. The van der Waals surface area contributed by atoms with Crippen LogP contribution in [0, 0.1) is 0 Å². The predicted octanol–water partition coefficient (Wildman–Crippen LogP) is 4.25. The number of aromatic amines is 2. The molecule has 0 atom stereocenters. The first kappa shape index (κ1) is 15.7. The van der Waals surface area contributed by atoms with Crippen LogP contribution in [0.15, 0.2) is 65.4 Å². The number of halogens is 1. The third-order valence-electron chi connectivity index (χ3n) is 4.02. The second-order valence-electron chi connectivity index (χ2n) is 5.68. The first-order chi connectivity index (χ1) is 12.2. The summed E-state index contributed by atoms with van der Waals surface area (Å²) < 4.78 is 0.937.